The van der Waals surface area contributed by atoms with Gasteiger partial charge in [0, 0.05) is 12.1 Å². The zero-order valence-corrected chi connectivity index (χ0v) is 12.9. The first-order valence-corrected chi connectivity index (χ1v) is 7.22. The van der Waals surface area contributed by atoms with Gasteiger partial charge in [-0.05, 0) is 38.8 Å². The van der Waals surface area contributed by atoms with Crippen molar-refractivity contribution in [2.75, 3.05) is 11.4 Å². The van der Waals surface area contributed by atoms with Crippen molar-refractivity contribution >= 4 is 17.6 Å². The Kier molecular flexibility index (Phi) is 4.32. The van der Waals surface area contributed by atoms with E-state index in [9.17, 15) is 9.59 Å². The second-order valence-electron chi connectivity index (χ2n) is 6.38. The highest BCUT2D eigenvalue weighted by Gasteiger charge is 2.32. The van der Waals surface area contributed by atoms with Crippen LogP contribution < -0.4 is 10.6 Å². The van der Waals surface area contributed by atoms with Gasteiger partial charge in [0.1, 0.15) is 12.1 Å². The van der Waals surface area contributed by atoms with Gasteiger partial charge in [0.15, 0.2) is 6.04 Å². The summed E-state index contributed by atoms with van der Waals surface area (Å²) in [6.45, 7) is 5.37. The van der Waals surface area contributed by atoms with E-state index >= 15 is 0 Å². The van der Waals surface area contributed by atoms with Crippen LogP contribution in [-0.2, 0) is 20.7 Å². The lowest BCUT2D eigenvalue weighted by atomic mass is 10.1. The maximum absolute atomic E-state index is 12.5. The summed E-state index contributed by atoms with van der Waals surface area (Å²) in [5.41, 5.74) is 5.21. The van der Waals surface area contributed by atoms with Crippen LogP contribution in [0.1, 0.15) is 32.8 Å². The van der Waals surface area contributed by atoms with E-state index in [2.05, 4.69) is 5.73 Å². The summed E-state index contributed by atoms with van der Waals surface area (Å²) >= 11 is 0. The van der Waals surface area contributed by atoms with Crippen molar-refractivity contribution in [1.29, 1.82) is 0 Å². The van der Waals surface area contributed by atoms with Crippen LogP contribution >= 0.6 is 0 Å². The number of ether oxygens (including phenoxy) is 1. The van der Waals surface area contributed by atoms with E-state index in [0.717, 1.165) is 17.7 Å². The van der Waals surface area contributed by atoms with Crippen molar-refractivity contribution in [1.82, 2.24) is 0 Å². The molecule has 0 saturated carbocycles. The smallest absolute Gasteiger partial charge is 0.326 e. The number of nitrogens with zero attached hydrogens (tertiary/aromatic N) is 1. The maximum Gasteiger partial charge on any atom is 0.326 e. The van der Waals surface area contributed by atoms with Crippen LogP contribution in [0.15, 0.2) is 24.3 Å². The monoisotopic (exact) mass is 291 g/mol. The number of benzene rings is 1. The number of rotatable bonds is 2. The first kappa shape index (κ1) is 15.5. The van der Waals surface area contributed by atoms with Gasteiger partial charge in [-0.25, -0.2) is 0 Å². The Morgan fingerprint density at radius 3 is 2.71 bits per heavy atom. The normalized spacial score (nSPS) is 19.0. The van der Waals surface area contributed by atoms with Crippen LogP contribution in [0.25, 0.3) is 0 Å². The molecule has 2 rings (SSSR count). The predicted molar refractivity (Wildman–Crippen MR) is 79.6 cm³/mol. The predicted octanol–water partition coefficient (Wildman–Crippen LogP) is 0.918. The maximum atomic E-state index is 12.5. The number of hydrogen-bond acceptors (Lipinski definition) is 3. The van der Waals surface area contributed by atoms with Crippen molar-refractivity contribution in [3.8, 4) is 0 Å². The molecule has 1 amide bonds. The number of hydrogen-bond donors (Lipinski definition) is 1. The number of para-hydroxylation sites is 1. The van der Waals surface area contributed by atoms with E-state index in [4.69, 9.17) is 4.74 Å². The van der Waals surface area contributed by atoms with Crippen molar-refractivity contribution in [3.63, 3.8) is 0 Å². The van der Waals surface area contributed by atoms with E-state index in [-0.39, 0.29) is 18.5 Å². The topological polar surface area (TPSA) is 74.2 Å². The van der Waals surface area contributed by atoms with Gasteiger partial charge in [-0.3, -0.25) is 14.5 Å². The molecule has 0 unspecified atom stereocenters. The first-order valence-electron chi connectivity index (χ1n) is 7.22. The highest BCUT2D eigenvalue weighted by atomic mass is 16.6. The standard InChI is InChI=1S/C16H22N2O3/c1-16(2,3)21-14(19)10-18-13-7-5-4-6-11(13)8-9-12(17)15(18)20/h4-7,12H,8-10,17H2,1-3H3/p+1/t12-/m0/s1. The molecule has 1 aromatic carbocycles. The Morgan fingerprint density at radius 2 is 2.05 bits per heavy atom. The van der Waals surface area contributed by atoms with Gasteiger partial charge >= 0.3 is 5.97 Å². The fraction of sp³-hybridized carbons (Fsp3) is 0.500. The average Bonchev–Trinajstić information content (AvgIpc) is 2.49. The number of fused-ring (bicyclic) bond motifs is 1. The number of carbonyl (C=O) groups excluding carboxylic acids is 2. The quantitative estimate of drug-likeness (QED) is 0.823. The third-order valence-electron chi connectivity index (χ3n) is 3.37. The largest absolute Gasteiger partial charge is 0.459 e. The molecule has 0 radical (unpaired) electrons. The third-order valence-corrected chi connectivity index (χ3v) is 3.37. The second kappa shape index (κ2) is 5.85. The van der Waals surface area contributed by atoms with Gasteiger partial charge in [0.05, 0.1) is 0 Å². The van der Waals surface area contributed by atoms with Crippen LogP contribution in [0, 0.1) is 0 Å². The SMILES string of the molecule is CC(C)(C)OC(=O)CN1C(=O)[C@@H]([NH3+])CCc2ccccc21. The minimum absolute atomic E-state index is 0.0703. The number of aryl methyl sites for hydroxylation is 1. The van der Waals surface area contributed by atoms with E-state index in [1.807, 2.05) is 45.0 Å². The molecule has 3 N–H and O–H groups in total. The molecule has 0 bridgehead atoms. The molecule has 1 aliphatic rings. The number of carbonyl (C=O) groups is 2. The number of amides is 1. The first-order chi connectivity index (χ1) is 9.78. The number of esters is 1. The third kappa shape index (κ3) is 3.82. The highest BCUT2D eigenvalue weighted by Crippen LogP contribution is 2.26. The molecule has 0 aliphatic carbocycles. The molecular formula is C16H23N2O3+. The molecule has 1 heterocycles. The van der Waals surface area contributed by atoms with Gasteiger partial charge < -0.3 is 10.5 Å². The summed E-state index contributed by atoms with van der Waals surface area (Å²) in [6.07, 6.45) is 1.49. The van der Waals surface area contributed by atoms with Gasteiger partial charge in [0.25, 0.3) is 5.91 Å². The summed E-state index contributed by atoms with van der Waals surface area (Å²) in [4.78, 5) is 26.0. The minimum atomic E-state index is -0.560. The lowest BCUT2D eigenvalue weighted by Crippen LogP contribution is -2.68. The second-order valence-corrected chi connectivity index (χ2v) is 6.38. The molecule has 1 aliphatic heterocycles. The Labute approximate surface area is 125 Å². The Morgan fingerprint density at radius 1 is 1.38 bits per heavy atom. The number of quaternary nitrogens is 1. The molecule has 1 atom stereocenters. The summed E-state index contributed by atoms with van der Waals surface area (Å²) in [5, 5.41) is 0. The molecule has 114 valence electrons. The number of anilines is 1. The van der Waals surface area contributed by atoms with Crippen LogP contribution in [-0.4, -0.2) is 30.1 Å². The van der Waals surface area contributed by atoms with Gasteiger partial charge in [-0.15, -0.1) is 0 Å². The average molecular weight is 291 g/mol. The summed E-state index contributed by atoms with van der Waals surface area (Å²) < 4.78 is 5.33. The van der Waals surface area contributed by atoms with Crippen molar-refractivity contribution in [3.05, 3.63) is 29.8 Å². The highest BCUT2D eigenvalue weighted by molar-refractivity contribution is 6.01. The van der Waals surface area contributed by atoms with Gasteiger partial charge in [0.2, 0.25) is 0 Å². The Hall–Kier alpha value is -1.88. The molecule has 5 nitrogen and oxygen atoms in total. The van der Waals surface area contributed by atoms with Gasteiger partial charge in [-0.2, -0.15) is 0 Å². The molecule has 5 heteroatoms. The lowest BCUT2D eigenvalue weighted by Gasteiger charge is -2.25. The van der Waals surface area contributed by atoms with E-state index < -0.39 is 11.6 Å². The van der Waals surface area contributed by atoms with Crippen LogP contribution in [0.5, 0.6) is 0 Å². The zero-order valence-electron chi connectivity index (χ0n) is 12.9. The zero-order chi connectivity index (χ0) is 15.6. The van der Waals surface area contributed by atoms with Crippen LogP contribution in [0.2, 0.25) is 0 Å². The Bertz CT molecular complexity index is 549. The fourth-order valence-corrected chi connectivity index (χ4v) is 2.44. The lowest BCUT2D eigenvalue weighted by molar-refractivity contribution is -0.404. The minimum Gasteiger partial charge on any atom is -0.459 e. The molecular weight excluding hydrogens is 268 g/mol. The van der Waals surface area contributed by atoms with E-state index in [0.29, 0.717) is 6.42 Å². The fourth-order valence-electron chi connectivity index (χ4n) is 2.44. The summed E-state index contributed by atoms with van der Waals surface area (Å²) in [7, 11) is 0. The van der Waals surface area contributed by atoms with E-state index in [1.165, 1.54) is 4.90 Å². The summed E-state index contributed by atoms with van der Waals surface area (Å²) in [6, 6.07) is 7.34. The molecule has 1 aromatic rings. The van der Waals surface area contributed by atoms with E-state index in [1.54, 1.807) is 0 Å². The van der Waals surface area contributed by atoms with Crippen molar-refractivity contribution in [2.45, 2.75) is 45.3 Å². The van der Waals surface area contributed by atoms with Crippen molar-refractivity contribution in [2.24, 2.45) is 0 Å². The van der Waals surface area contributed by atoms with Crippen LogP contribution in [0.4, 0.5) is 5.69 Å². The molecule has 21 heavy (non-hydrogen) atoms. The Balaban J connectivity index is 2.26. The van der Waals surface area contributed by atoms with Crippen molar-refractivity contribution < 1.29 is 20.1 Å². The molecule has 0 spiro atoms. The van der Waals surface area contributed by atoms with Crippen LogP contribution in [0.3, 0.4) is 0 Å². The molecule has 0 saturated heterocycles. The molecule has 0 aromatic heterocycles. The summed E-state index contributed by atoms with van der Waals surface area (Å²) in [5.74, 6) is -0.523. The molecule has 0 fully saturated rings. The van der Waals surface area contributed by atoms with Gasteiger partial charge in [-0.1, -0.05) is 18.2 Å².